The molecule has 0 amide bonds. The summed E-state index contributed by atoms with van der Waals surface area (Å²) in [6.07, 6.45) is 2.09. The van der Waals surface area contributed by atoms with Crippen molar-refractivity contribution in [1.29, 1.82) is 0 Å². The number of likely N-dealkylation sites (N-methyl/N-ethyl adjacent to an activating group) is 1. The Hall–Kier alpha value is -1.49. The van der Waals surface area contributed by atoms with Crippen LogP contribution in [0.25, 0.3) is 0 Å². The molecular weight excluding hydrogens is 190 g/mol. The van der Waals surface area contributed by atoms with Gasteiger partial charge in [-0.15, -0.1) is 0 Å². The van der Waals surface area contributed by atoms with Crippen molar-refractivity contribution in [1.82, 2.24) is 15.1 Å². The molecule has 15 heavy (non-hydrogen) atoms. The molecule has 1 aliphatic heterocycles. The van der Waals surface area contributed by atoms with Gasteiger partial charge in [0.25, 0.3) is 0 Å². The van der Waals surface area contributed by atoms with Crippen molar-refractivity contribution in [2.24, 2.45) is 0 Å². The van der Waals surface area contributed by atoms with Crippen LogP contribution in [0, 0.1) is 6.92 Å². The van der Waals surface area contributed by atoms with Crippen LogP contribution in [0.5, 0.6) is 0 Å². The highest BCUT2D eigenvalue weighted by molar-refractivity contribution is 5.68. The van der Waals surface area contributed by atoms with Crippen LogP contribution >= 0.6 is 0 Å². The largest absolute Gasteiger partial charge is 0.394 e. The number of rotatable bonds is 1. The molecule has 0 saturated heterocycles. The van der Waals surface area contributed by atoms with Gasteiger partial charge in [0.15, 0.2) is 5.82 Å². The standard InChI is InChI=1S/C10H17N5/c1-6-5-10(3,12-4)15-9(13-6)8(11)7(2)14-15/h5,12-13H,11H2,1-4H3. The fourth-order valence-electron chi connectivity index (χ4n) is 1.88. The monoisotopic (exact) mass is 207 g/mol. The summed E-state index contributed by atoms with van der Waals surface area (Å²) >= 11 is 0. The van der Waals surface area contributed by atoms with Gasteiger partial charge >= 0.3 is 0 Å². The van der Waals surface area contributed by atoms with Gasteiger partial charge in [0, 0.05) is 5.70 Å². The van der Waals surface area contributed by atoms with E-state index in [4.69, 9.17) is 5.73 Å². The minimum atomic E-state index is -0.312. The van der Waals surface area contributed by atoms with Crippen molar-refractivity contribution in [3.8, 4) is 0 Å². The van der Waals surface area contributed by atoms with E-state index >= 15 is 0 Å². The second kappa shape index (κ2) is 3.00. The number of nitrogens with zero attached hydrogens (tertiary/aromatic N) is 2. The third kappa shape index (κ3) is 1.31. The Morgan fingerprint density at radius 3 is 2.80 bits per heavy atom. The Kier molecular flexibility index (Phi) is 2.01. The first-order valence-electron chi connectivity index (χ1n) is 4.99. The Morgan fingerprint density at radius 2 is 2.20 bits per heavy atom. The molecule has 1 unspecified atom stereocenters. The first-order valence-corrected chi connectivity index (χ1v) is 4.99. The summed E-state index contributed by atoms with van der Waals surface area (Å²) < 4.78 is 1.88. The van der Waals surface area contributed by atoms with Crippen LogP contribution in [0.1, 0.15) is 19.5 Å². The number of nitrogen functional groups attached to an aromatic ring is 1. The zero-order valence-corrected chi connectivity index (χ0v) is 9.55. The highest BCUT2D eigenvalue weighted by Crippen LogP contribution is 2.33. The van der Waals surface area contributed by atoms with Gasteiger partial charge in [-0.25, -0.2) is 4.68 Å². The van der Waals surface area contributed by atoms with Gasteiger partial charge in [0.1, 0.15) is 5.66 Å². The van der Waals surface area contributed by atoms with E-state index in [1.54, 1.807) is 0 Å². The lowest BCUT2D eigenvalue weighted by molar-refractivity contribution is 0.309. The highest BCUT2D eigenvalue weighted by atomic mass is 15.4. The summed E-state index contributed by atoms with van der Waals surface area (Å²) in [4.78, 5) is 0. The van der Waals surface area contributed by atoms with Crippen LogP contribution in [0.15, 0.2) is 11.8 Å². The zero-order valence-electron chi connectivity index (χ0n) is 9.55. The van der Waals surface area contributed by atoms with Crippen molar-refractivity contribution in [3.63, 3.8) is 0 Å². The third-order valence-corrected chi connectivity index (χ3v) is 2.87. The van der Waals surface area contributed by atoms with E-state index < -0.39 is 0 Å². The zero-order chi connectivity index (χ0) is 11.2. The predicted octanol–water partition coefficient (Wildman–Crippen LogP) is 0.995. The molecule has 1 aliphatic rings. The summed E-state index contributed by atoms with van der Waals surface area (Å²) in [7, 11) is 1.91. The first kappa shape index (κ1) is 10.0. The van der Waals surface area contributed by atoms with Gasteiger partial charge in [-0.05, 0) is 33.9 Å². The molecule has 5 nitrogen and oxygen atoms in total. The number of nitrogens with two attached hydrogens (primary N) is 1. The molecule has 0 saturated carbocycles. The number of anilines is 2. The van der Waals surface area contributed by atoms with Crippen molar-refractivity contribution in [2.45, 2.75) is 26.4 Å². The molecule has 4 N–H and O–H groups in total. The molecule has 5 heteroatoms. The van der Waals surface area contributed by atoms with Gasteiger partial charge in [0.05, 0.1) is 11.4 Å². The minimum absolute atomic E-state index is 0.312. The number of allylic oxidation sites excluding steroid dienone is 1. The summed E-state index contributed by atoms with van der Waals surface area (Å²) in [5.41, 5.74) is 8.28. The maximum atomic E-state index is 5.96. The third-order valence-electron chi connectivity index (χ3n) is 2.87. The maximum Gasteiger partial charge on any atom is 0.154 e. The molecule has 1 aromatic heterocycles. The lowest BCUT2D eigenvalue weighted by Gasteiger charge is -2.33. The van der Waals surface area contributed by atoms with Crippen LogP contribution < -0.4 is 16.4 Å². The maximum absolute atomic E-state index is 5.96. The number of hydrogen-bond acceptors (Lipinski definition) is 4. The van der Waals surface area contributed by atoms with E-state index in [1.807, 2.05) is 25.6 Å². The Bertz CT molecular complexity index is 431. The second-order valence-corrected chi connectivity index (χ2v) is 4.11. The average molecular weight is 207 g/mol. The quantitative estimate of drug-likeness (QED) is 0.642. The molecule has 2 heterocycles. The second-order valence-electron chi connectivity index (χ2n) is 4.11. The summed E-state index contributed by atoms with van der Waals surface area (Å²) in [5, 5.41) is 10.9. The molecular formula is C10H17N5. The molecule has 1 atom stereocenters. The summed E-state index contributed by atoms with van der Waals surface area (Å²) in [6, 6.07) is 0. The topological polar surface area (TPSA) is 67.9 Å². The SMILES string of the molecule is CNC1(C)C=C(C)Nc2c(N)c(C)nn21. The molecule has 0 aliphatic carbocycles. The normalized spacial score (nSPS) is 24.4. The van der Waals surface area contributed by atoms with Crippen LogP contribution in [-0.2, 0) is 5.66 Å². The van der Waals surface area contributed by atoms with Crippen LogP contribution in [0.4, 0.5) is 11.5 Å². The van der Waals surface area contributed by atoms with Gasteiger partial charge in [-0.2, -0.15) is 5.10 Å². The molecule has 0 spiro atoms. The number of aromatic nitrogens is 2. The Balaban J connectivity index is 2.63. The number of nitrogens with one attached hydrogen (secondary N) is 2. The Labute approximate surface area is 89.3 Å². The van der Waals surface area contributed by atoms with Crippen molar-refractivity contribution in [3.05, 3.63) is 17.5 Å². The lowest BCUT2D eigenvalue weighted by atomic mass is 10.1. The number of fused-ring (bicyclic) bond motifs is 1. The number of aryl methyl sites for hydroxylation is 1. The van der Waals surface area contributed by atoms with Crippen LogP contribution in [-0.4, -0.2) is 16.8 Å². The van der Waals surface area contributed by atoms with Crippen molar-refractivity contribution >= 4 is 11.5 Å². The first-order chi connectivity index (χ1) is 6.98. The van der Waals surface area contributed by atoms with Crippen LogP contribution in [0.2, 0.25) is 0 Å². The van der Waals surface area contributed by atoms with Crippen molar-refractivity contribution in [2.75, 3.05) is 18.1 Å². The van der Waals surface area contributed by atoms with Gasteiger partial charge in [-0.3, -0.25) is 5.32 Å². The summed E-state index contributed by atoms with van der Waals surface area (Å²) in [5.74, 6) is 0.865. The van der Waals surface area contributed by atoms with E-state index in [0.717, 1.165) is 17.2 Å². The predicted molar refractivity (Wildman–Crippen MR) is 61.5 cm³/mol. The highest BCUT2D eigenvalue weighted by Gasteiger charge is 2.31. The van der Waals surface area contributed by atoms with E-state index in [0.29, 0.717) is 5.69 Å². The van der Waals surface area contributed by atoms with Gasteiger partial charge in [0.2, 0.25) is 0 Å². The molecule has 2 rings (SSSR count). The fraction of sp³-hybridized carbons (Fsp3) is 0.500. The average Bonchev–Trinajstić information content (AvgIpc) is 2.46. The lowest BCUT2D eigenvalue weighted by Crippen LogP contribution is -2.44. The molecule has 0 bridgehead atoms. The number of hydrogen-bond donors (Lipinski definition) is 3. The fourth-order valence-corrected chi connectivity index (χ4v) is 1.88. The molecule has 0 aromatic carbocycles. The van der Waals surface area contributed by atoms with Crippen molar-refractivity contribution < 1.29 is 0 Å². The van der Waals surface area contributed by atoms with E-state index in [1.165, 1.54) is 0 Å². The smallest absolute Gasteiger partial charge is 0.154 e. The molecule has 0 radical (unpaired) electrons. The van der Waals surface area contributed by atoms with Gasteiger partial charge in [-0.1, -0.05) is 0 Å². The van der Waals surface area contributed by atoms with E-state index in [2.05, 4.69) is 28.7 Å². The van der Waals surface area contributed by atoms with Crippen LogP contribution in [0.3, 0.4) is 0 Å². The Morgan fingerprint density at radius 1 is 1.53 bits per heavy atom. The van der Waals surface area contributed by atoms with E-state index in [-0.39, 0.29) is 5.66 Å². The molecule has 1 aromatic rings. The van der Waals surface area contributed by atoms with E-state index in [9.17, 15) is 0 Å². The minimum Gasteiger partial charge on any atom is -0.394 e. The van der Waals surface area contributed by atoms with Gasteiger partial charge < -0.3 is 11.1 Å². The molecule has 82 valence electrons. The summed E-state index contributed by atoms with van der Waals surface area (Å²) in [6.45, 7) is 5.99. The molecule has 0 fully saturated rings.